The van der Waals surface area contributed by atoms with Crippen molar-refractivity contribution in [1.82, 2.24) is 10.3 Å². The number of nitrogens with zero attached hydrogens (tertiary/aromatic N) is 1. The first-order chi connectivity index (χ1) is 6.22. The number of aromatic hydroxyl groups is 1. The largest absolute Gasteiger partial charge is 0.506 e. The zero-order valence-electron chi connectivity index (χ0n) is 8.12. The van der Waals surface area contributed by atoms with E-state index in [1.165, 1.54) is 6.20 Å². The number of hydrogen-bond acceptors (Lipinski definition) is 3. The van der Waals surface area contributed by atoms with Crippen molar-refractivity contribution in [3.63, 3.8) is 0 Å². The van der Waals surface area contributed by atoms with Crippen molar-refractivity contribution in [3.8, 4) is 5.75 Å². The maximum atomic E-state index is 9.00. The minimum atomic E-state index is 0.215. The van der Waals surface area contributed by atoms with Gasteiger partial charge in [-0.3, -0.25) is 4.98 Å². The molecular weight excluding hydrogens is 164 g/mol. The van der Waals surface area contributed by atoms with Crippen LogP contribution >= 0.6 is 0 Å². The molecule has 0 radical (unpaired) electrons. The number of rotatable bonds is 4. The molecule has 0 bridgehead atoms. The lowest BCUT2D eigenvalue weighted by molar-refractivity contribution is 0.471. The van der Waals surface area contributed by atoms with Gasteiger partial charge in [-0.1, -0.05) is 6.92 Å². The van der Waals surface area contributed by atoms with E-state index in [1.807, 2.05) is 6.07 Å². The van der Waals surface area contributed by atoms with E-state index in [0.29, 0.717) is 6.04 Å². The van der Waals surface area contributed by atoms with Gasteiger partial charge in [0, 0.05) is 12.6 Å². The number of nitrogens with one attached hydrogen (secondary N) is 1. The fraction of sp³-hybridized carbons (Fsp3) is 0.500. The summed E-state index contributed by atoms with van der Waals surface area (Å²) in [6, 6.07) is 3.99. The zero-order valence-corrected chi connectivity index (χ0v) is 8.12. The summed E-state index contributed by atoms with van der Waals surface area (Å²) in [7, 11) is 0. The highest BCUT2D eigenvalue weighted by Gasteiger charge is 1.98. The lowest BCUT2D eigenvalue weighted by Gasteiger charge is -2.10. The van der Waals surface area contributed by atoms with E-state index in [1.54, 1.807) is 6.07 Å². The lowest BCUT2D eigenvalue weighted by atomic mass is 10.2. The molecule has 1 aromatic heterocycles. The topological polar surface area (TPSA) is 45.1 Å². The average Bonchev–Trinajstić information content (AvgIpc) is 2.16. The second kappa shape index (κ2) is 4.82. The fourth-order valence-corrected chi connectivity index (χ4v) is 0.944. The van der Waals surface area contributed by atoms with Crippen molar-refractivity contribution in [2.75, 3.05) is 0 Å². The first-order valence-corrected chi connectivity index (χ1v) is 4.59. The summed E-state index contributed by atoms with van der Waals surface area (Å²) in [4.78, 5) is 4.07. The van der Waals surface area contributed by atoms with Crippen LogP contribution in [0.2, 0.25) is 0 Å². The third-order valence-electron chi connectivity index (χ3n) is 2.05. The van der Waals surface area contributed by atoms with E-state index >= 15 is 0 Å². The second-order valence-corrected chi connectivity index (χ2v) is 3.20. The SMILES string of the molecule is CCC(C)NCc1ccc(O)cn1. The van der Waals surface area contributed by atoms with Crippen molar-refractivity contribution in [3.05, 3.63) is 24.0 Å². The summed E-state index contributed by atoms with van der Waals surface area (Å²) in [5.74, 6) is 0.215. The van der Waals surface area contributed by atoms with E-state index in [0.717, 1.165) is 18.7 Å². The standard InChI is InChI=1S/C10H16N2O/c1-3-8(2)11-6-9-4-5-10(13)7-12-9/h4-5,7-8,11,13H,3,6H2,1-2H3. The highest BCUT2D eigenvalue weighted by Crippen LogP contribution is 2.05. The van der Waals surface area contributed by atoms with Gasteiger partial charge in [0.2, 0.25) is 0 Å². The summed E-state index contributed by atoms with van der Waals surface area (Å²) in [5, 5.41) is 12.3. The predicted octanol–water partition coefficient (Wildman–Crippen LogP) is 1.68. The number of pyridine rings is 1. The van der Waals surface area contributed by atoms with Crippen LogP contribution in [0.15, 0.2) is 18.3 Å². The van der Waals surface area contributed by atoms with E-state index in [4.69, 9.17) is 5.11 Å². The van der Waals surface area contributed by atoms with Crippen LogP contribution < -0.4 is 5.32 Å². The quantitative estimate of drug-likeness (QED) is 0.741. The fourth-order valence-electron chi connectivity index (χ4n) is 0.944. The van der Waals surface area contributed by atoms with Crippen LogP contribution in [0.25, 0.3) is 0 Å². The highest BCUT2D eigenvalue weighted by molar-refractivity contribution is 5.17. The molecule has 0 aliphatic rings. The minimum Gasteiger partial charge on any atom is -0.506 e. The Hall–Kier alpha value is -1.09. The van der Waals surface area contributed by atoms with Gasteiger partial charge < -0.3 is 10.4 Å². The van der Waals surface area contributed by atoms with E-state index < -0.39 is 0 Å². The lowest BCUT2D eigenvalue weighted by Crippen LogP contribution is -2.24. The molecule has 1 heterocycles. The Kier molecular flexibility index (Phi) is 3.71. The number of aromatic nitrogens is 1. The van der Waals surface area contributed by atoms with E-state index in [-0.39, 0.29) is 5.75 Å². The summed E-state index contributed by atoms with van der Waals surface area (Å²) in [5.41, 5.74) is 0.957. The van der Waals surface area contributed by atoms with Gasteiger partial charge >= 0.3 is 0 Å². The molecule has 0 spiro atoms. The van der Waals surface area contributed by atoms with Gasteiger partial charge in [0.25, 0.3) is 0 Å². The third-order valence-corrected chi connectivity index (χ3v) is 2.05. The summed E-state index contributed by atoms with van der Waals surface area (Å²) >= 11 is 0. The van der Waals surface area contributed by atoms with Crippen LogP contribution in [0.1, 0.15) is 26.0 Å². The Morgan fingerprint density at radius 1 is 1.54 bits per heavy atom. The molecule has 0 aromatic carbocycles. The van der Waals surface area contributed by atoms with Gasteiger partial charge in [0.15, 0.2) is 0 Å². The smallest absolute Gasteiger partial charge is 0.133 e. The maximum absolute atomic E-state index is 9.00. The summed E-state index contributed by atoms with van der Waals surface area (Å²) in [6.45, 7) is 5.04. The Bertz CT molecular complexity index is 246. The molecule has 72 valence electrons. The van der Waals surface area contributed by atoms with Crippen LogP contribution in [0, 0.1) is 0 Å². The molecule has 3 heteroatoms. The molecule has 1 rings (SSSR count). The molecule has 0 saturated carbocycles. The Morgan fingerprint density at radius 2 is 2.31 bits per heavy atom. The molecule has 1 atom stereocenters. The van der Waals surface area contributed by atoms with Gasteiger partial charge in [0.05, 0.1) is 11.9 Å². The molecule has 2 N–H and O–H groups in total. The normalized spacial score (nSPS) is 12.8. The van der Waals surface area contributed by atoms with Crippen molar-refractivity contribution in [2.45, 2.75) is 32.9 Å². The second-order valence-electron chi connectivity index (χ2n) is 3.20. The molecule has 13 heavy (non-hydrogen) atoms. The number of hydrogen-bond donors (Lipinski definition) is 2. The average molecular weight is 180 g/mol. The van der Waals surface area contributed by atoms with Gasteiger partial charge in [-0.25, -0.2) is 0 Å². The molecule has 1 unspecified atom stereocenters. The van der Waals surface area contributed by atoms with Crippen LogP contribution in [0.3, 0.4) is 0 Å². The van der Waals surface area contributed by atoms with Crippen LogP contribution in [0.4, 0.5) is 0 Å². The molecule has 0 saturated heterocycles. The first kappa shape index (κ1) is 9.99. The van der Waals surface area contributed by atoms with E-state index in [2.05, 4.69) is 24.1 Å². The first-order valence-electron chi connectivity index (χ1n) is 4.59. The predicted molar refractivity (Wildman–Crippen MR) is 52.5 cm³/mol. The summed E-state index contributed by atoms with van der Waals surface area (Å²) < 4.78 is 0. The maximum Gasteiger partial charge on any atom is 0.133 e. The van der Waals surface area contributed by atoms with Crippen molar-refractivity contribution < 1.29 is 5.11 Å². The van der Waals surface area contributed by atoms with Crippen LogP contribution in [-0.2, 0) is 6.54 Å². The molecular formula is C10H16N2O. The molecule has 3 nitrogen and oxygen atoms in total. The van der Waals surface area contributed by atoms with Gasteiger partial charge in [-0.05, 0) is 25.5 Å². The Balaban J connectivity index is 2.41. The monoisotopic (exact) mass is 180 g/mol. The summed E-state index contributed by atoms with van der Waals surface area (Å²) in [6.07, 6.45) is 2.58. The molecule has 0 amide bonds. The molecule has 0 aliphatic heterocycles. The van der Waals surface area contributed by atoms with E-state index in [9.17, 15) is 0 Å². The van der Waals surface area contributed by atoms with Crippen molar-refractivity contribution in [2.24, 2.45) is 0 Å². The van der Waals surface area contributed by atoms with Crippen molar-refractivity contribution in [1.29, 1.82) is 0 Å². The Labute approximate surface area is 78.8 Å². The molecule has 1 aromatic rings. The third kappa shape index (κ3) is 3.42. The van der Waals surface area contributed by atoms with Crippen molar-refractivity contribution >= 4 is 0 Å². The highest BCUT2D eigenvalue weighted by atomic mass is 16.3. The molecule has 0 aliphatic carbocycles. The zero-order chi connectivity index (χ0) is 9.68. The van der Waals surface area contributed by atoms with Crippen LogP contribution in [0.5, 0.6) is 5.75 Å². The van der Waals surface area contributed by atoms with Crippen LogP contribution in [-0.4, -0.2) is 16.1 Å². The van der Waals surface area contributed by atoms with Gasteiger partial charge in [-0.2, -0.15) is 0 Å². The van der Waals surface area contributed by atoms with Gasteiger partial charge in [-0.15, -0.1) is 0 Å². The minimum absolute atomic E-state index is 0.215. The van der Waals surface area contributed by atoms with Gasteiger partial charge in [0.1, 0.15) is 5.75 Å². The molecule has 0 fully saturated rings. The Morgan fingerprint density at radius 3 is 2.85 bits per heavy atom.